The van der Waals surface area contributed by atoms with Crippen LogP contribution in [-0.4, -0.2) is 9.78 Å². The molecule has 0 unspecified atom stereocenters. The summed E-state index contributed by atoms with van der Waals surface area (Å²) in [5, 5.41) is 5.01. The van der Waals surface area contributed by atoms with Crippen molar-refractivity contribution in [2.24, 2.45) is 7.05 Å². The minimum Gasteiger partial charge on any atom is -0.275 e. The number of fused-ring (bicyclic) bond motifs is 1. The monoisotopic (exact) mass is 164 g/mol. The molecule has 12 heavy (non-hydrogen) atoms. The molecule has 0 radical (unpaired) electrons. The minimum atomic E-state index is -0.171. The van der Waals surface area contributed by atoms with Gasteiger partial charge >= 0.3 is 0 Å². The number of hydrogen-bond donors (Lipinski definition) is 0. The maximum Gasteiger partial charge on any atom is 0.126 e. The smallest absolute Gasteiger partial charge is 0.126 e. The highest BCUT2D eigenvalue weighted by Gasteiger charge is 2.02. The van der Waals surface area contributed by atoms with E-state index >= 15 is 0 Å². The fourth-order valence-corrected chi connectivity index (χ4v) is 1.27. The Kier molecular flexibility index (Phi) is 1.40. The first kappa shape index (κ1) is 7.28. The standard InChI is InChI=1S/C9H9FN2/c1-6-3-9-7(4-8(6)10)5-12(2)11-9/h3-5H,1-2H3. The van der Waals surface area contributed by atoms with E-state index in [1.807, 2.05) is 7.05 Å². The van der Waals surface area contributed by atoms with Gasteiger partial charge in [0.1, 0.15) is 5.82 Å². The zero-order chi connectivity index (χ0) is 8.72. The molecule has 0 N–H and O–H groups in total. The largest absolute Gasteiger partial charge is 0.275 e. The van der Waals surface area contributed by atoms with Gasteiger partial charge in [0.25, 0.3) is 0 Å². The summed E-state index contributed by atoms with van der Waals surface area (Å²) >= 11 is 0. The van der Waals surface area contributed by atoms with Gasteiger partial charge in [-0.25, -0.2) is 4.39 Å². The van der Waals surface area contributed by atoms with E-state index in [-0.39, 0.29) is 5.82 Å². The molecule has 3 heteroatoms. The predicted molar refractivity (Wildman–Crippen MR) is 45.4 cm³/mol. The molecule has 1 aromatic heterocycles. The first-order chi connectivity index (χ1) is 5.66. The molecule has 0 atom stereocenters. The van der Waals surface area contributed by atoms with Crippen molar-refractivity contribution in [2.45, 2.75) is 6.92 Å². The van der Waals surface area contributed by atoms with E-state index in [2.05, 4.69) is 5.10 Å². The molecule has 0 aliphatic heterocycles. The van der Waals surface area contributed by atoms with Crippen LogP contribution in [0.3, 0.4) is 0 Å². The van der Waals surface area contributed by atoms with Crippen LogP contribution in [0.15, 0.2) is 18.3 Å². The minimum absolute atomic E-state index is 0.171. The molecule has 0 spiro atoms. The van der Waals surface area contributed by atoms with Crippen molar-refractivity contribution in [2.75, 3.05) is 0 Å². The third-order valence-electron chi connectivity index (χ3n) is 1.90. The van der Waals surface area contributed by atoms with Crippen LogP contribution in [0.4, 0.5) is 4.39 Å². The second kappa shape index (κ2) is 2.30. The average molecular weight is 164 g/mol. The molecule has 0 fully saturated rings. The normalized spacial score (nSPS) is 10.9. The number of rotatable bonds is 0. The van der Waals surface area contributed by atoms with E-state index in [9.17, 15) is 4.39 Å². The van der Waals surface area contributed by atoms with Crippen molar-refractivity contribution in [1.82, 2.24) is 9.78 Å². The van der Waals surface area contributed by atoms with Gasteiger partial charge < -0.3 is 0 Å². The molecule has 2 nitrogen and oxygen atoms in total. The molecule has 0 saturated carbocycles. The van der Waals surface area contributed by atoms with Crippen LogP contribution in [0.2, 0.25) is 0 Å². The van der Waals surface area contributed by atoms with Crippen molar-refractivity contribution in [3.05, 3.63) is 29.7 Å². The molecule has 0 aliphatic rings. The van der Waals surface area contributed by atoms with Crippen LogP contribution in [0, 0.1) is 12.7 Å². The highest BCUT2D eigenvalue weighted by molar-refractivity contribution is 5.78. The van der Waals surface area contributed by atoms with Gasteiger partial charge in [-0.2, -0.15) is 5.10 Å². The molecule has 62 valence electrons. The van der Waals surface area contributed by atoms with Gasteiger partial charge in [-0.3, -0.25) is 4.68 Å². The Morgan fingerprint density at radius 1 is 1.42 bits per heavy atom. The Balaban J connectivity index is 2.83. The van der Waals surface area contributed by atoms with Crippen molar-refractivity contribution in [1.29, 1.82) is 0 Å². The molecule has 0 aliphatic carbocycles. The van der Waals surface area contributed by atoms with Crippen molar-refractivity contribution in [3.8, 4) is 0 Å². The zero-order valence-electron chi connectivity index (χ0n) is 7.00. The van der Waals surface area contributed by atoms with Crippen LogP contribution < -0.4 is 0 Å². The van der Waals surface area contributed by atoms with Crippen molar-refractivity contribution < 1.29 is 4.39 Å². The molecule has 1 aromatic carbocycles. The van der Waals surface area contributed by atoms with Gasteiger partial charge in [-0.15, -0.1) is 0 Å². The number of benzene rings is 1. The van der Waals surface area contributed by atoms with E-state index < -0.39 is 0 Å². The van der Waals surface area contributed by atoms with Crippen molar-refractivity contribution in [3.63, 3.8) is 0 Å². The van der Waals surface area contributed by atoms with Gasteiger partial charge in [0.2, 0.25) is 0 Å². The molecule has 2 aromatic rings. The van der Waals surface area contributed by atoms with E-state index in [0.717, 1.165) is 10.9 Å². The summed E-state index contributed by atoms with van der Waals surface area (Å²) < 4.78 is 14.7. The van der Waals surface area contributed by atoms with Crippen LogP contribution >= 0.6 is 0 Å². The Hall–Kier alpha value is -1.38. The Morgan fingerprint density at radius 2 is 2.17 bits per heavy atom. The second-order valence-corrected chi connectivity index (χ2v) is 2.96. The summed E-state index contributed by atoms with van der Waals surface area (Å²) in [5.41, 5.74) is 1.48. The molecule has 0 saturated heterocycles. The number of halogens is 1. The maximum atomic E-state index is 13.0. The quantitative estimate of drug-likeness (QED) is 0.582. The molecule has 0 amide bonds. The van der Waals surface area contributed by atoms with Crippen LogP contribution in [-0.2, 0) is 7.05 Å². The van der Waals surface area contributed by atoms with Crippen molar-refractivity contribution >= 4 is 10.9 Å². The van der Waals surface area contributed by atoms with Gasteiger partial charge in [0.15, 0.2) is 0 Å². The average Bonchev–Trinajstić information content (AvgIpc) is 2.30. The topological polar surface area (TPSA) is 17.8 Å². The summed E-state index contributed by atoms with van der Waals surface area (Å²) in [7, 11) is 1.83. The summed E-state index contributed by atoms with van der Waals surface area (Å²) in [5.74, 6) is -0.171. The third kappa shape index (κ3) is 0.978. The fraction of sp³-hybridized carbons (Fsp3) is 0.222. The molecular formula is C9H9FN2. The zero-order valence-corrected chi connectivity index (χ0v) is 7.00. The van der Waals surface area contributed by atoms with E-state index in [0.29, 0.717) is 5.56 Å². The fourth-order valence-electron chi connectivity index (χ4n) is 1.27. The number of aryl methyl sites for hydroxylation is 2. The lowest BCUT2D eigenvalue weighted by atomic mass is 10.2. The van der Waals surface area contributed by atoms with Gasteiger partial charge in [-0.05, 0) is 24.6 Å². The summed E-state index contributed by atoms with van der Waals surface area (Å²) in [6, 6.07) is 3.27. The molecule has 1 heterocycles. The highest BCUT2D eigenvalue weighted by Crippen LogP contribution is 2.16. The predicted octanol–water partition coefficient (Wildman–Crippen LogP) is 2.02. The van der Waals surface area contributed by atoms with Gasteiger partial charge in [0.05, 0.1) is 5.52 Å². The van der Waals surface area contributed by atoms with E-state index in [4.69, 9.17) is 0 Å². The SMILES string of the molecule is Cc1cc2nn(C)cc2cc1F. The summed E-state index contributed by atoms with van der Waals surface area (Å²) in [6.45, 7) is 1.74. The van der Waals surface area contributed by atoms with E-state index in [1.54, 1.807) is 23.9 Å². The van der Waals surface area contributed by atoms with Gasteiger partial charge in [-0.1, -0.05) is 0 Å². The second-order valence-electron chi connectivity index (χ2n) is 2.96. The molecular weight excluding hydrogens is 155 g/mol. The number of nitrogens with zero attached hydrogens (tertiary/aromatic N) is 2. The number of hydrogen-bond acceptors (Lipinski definition) is 1. The first-order valence-corrected chi connectivity index (χ1v) is 3.76. The van der Waals surface area contributed by atoms with Crippen LogP contribution in [0.25, 0.3) is 10.9 Å². The lowest BCUT2D eigenvalue weighted by Crippen LogP contribution is -1.85. The Morgan fingerprint density at radius 3 is 2.92 bits per heavy atom. The number of aromatic nitrogens is 2. The van der Waals surface area contributed by atoms with Gasteiger partial charge in [0, 0.05) is 18.6 Å². The van der Waals surface area contributed by atoms with E-state index in [1.165, 1.54) is 6.07 Å². The summed E-state index contributed by atoms with van der Waals surface area (Å²) in [6.07, 6.45) is 1.80. The first-order valence-electron chi connectivity index (χ1n) is 3.76. The molecule has 2 rings (SSSR count). The van der Waals surface area contributed by atoms with Crippen LogP contribution in [0.1, 0.15) is 5.56 Å². The molecule has 0 bridgehead atoms. The lowest BCUT2D eigenvalue weighted by Gasteiger charge is -1.93. The third-order valence-corrected chi connectivity index (χ3v) is 1.90. The van der Waals surface area contributed by atoms with Crippen LogP contribution in [0.5, 0.6) is 0 Å². The Labute approximate surface area is 69.6 Å². The maximum absolute atomic E-state index is 13.0. The highest BCUT2D eigenvalue weighted by atomic mass is 19.1. The summed E-state index contributed by atoms with van der Waals surface area (Å²) in [4.78, 5) is 0. The Bertz CT molecular complexity index is 392. The lowest BCUT2D eigenvalue weighted by molar-refractivity contribution is 0.620.